The zero-order chi connectivity index (χ0) is 10.3. The van der Waals surface area contributed by atoms with Gasteiger partial charge in [0.25, 0.3) is 0 Å². The maximum Gasteiger partial charge on any atom is 0.352 e. The van der Waals surface area contributed by atoms with E-state index >= 15 is 0 Å². The van der Waals surface area contributed by atoms with Crippen LogP contribution in [0.15, 0.2) is 30.3 Å². The van der Waals surface area contributed by atoms with Gasteiger partial charge >= 0.3 is 5.97 Å². The lowest BCUT2D eigenvalue weighted by atomic mass is 10.2. The van der Waals surface area contributed by atoms with Crippen LogP contribution in [0, 0.1) is 0 Å². The second kappa shape index (κ2) is 6.62. The third kappa shape index (κ3) is 7.49. The van der Waals surface area contributed by atoms with E-state index in [4.69, 9.17) is 22.1 Å². The summed E-state index contributed by atoms with van der Waals surface area (Å²) in [5.74, 6) is -1.08. The van der Waals surface area contributed by atoms with Gasteiger partial charge in [-0.1, -0.05) is 42.5 Å². The molecular formula is C9H9O2S2. The predicted octanol–water partition coefficient (Wildman–Crippen LogP) is 2.26. The maximum absolute atomic E-state index is 8.89. The van der Waals surface area contributed by atoms with E-state index in [2.05, 4.69) is 12.6 Å². The number of thiocarbonyl (C=S) groups is 1. The van der Waals surface area contributed by atoms with Gasteiger partial charge in [-0.2, -0.15) is 0 Å². The van der Waals surface area contributed by atoms with Gasteiger partial charge < -0.3 is 0 Å². The smallest absolute Gasteiger partial charge is 0.248 e. The van der Waals surface area contributed by atoms with Crippen molar-refractivity contribution in [1.82, 2.24) is 0 Å². The summed E-state index contributed by atoms with van der Waals surface area (Å²) in [6.07, 6.45) is 0. The number of hydrogen-bond donors (Lipinski definition) is 1. The standard InChI is InChI=1S/C7H6S2.C2H3O2/c8-7(9)6-4-2-1-3-5-6;1-2(3)4/h1-5H,(H,8,9);1H3. The Balaban J connectivity index is 0.000000310. The normalized spacial score (nSPS) is 8.15. The molecule has 1 aromatic carbocycles. The van der Waals surface area contributed by atoms with Crippen molar-refractivity contribution in [2.24, 2.45) is 0 Å². The van der Waals surface area contributed by atoms with Gasteiger partial charge in [-0.25, -0.2) is 9.90 Å². The molecule has 0 N–H and O–H groups in total. The molecule has 0 unspecified atom stereocenters. The maximum atomic E-state index is 8.89. The molecule has 13 heavy (non-hydrogen) atoms. The summed E-state index contributed by atoms with van der Waals surface area (Å²) in [5.41, 5.74) is 1.01. The molecule has 0 bridgehead atoms. The number of hydrogen-bond acceptors (Lipinski definition) is 2. The molecule has 0 saturated carbocycles. The third-order valence-corrected chi connectivity index (χ3v) is 1.51. The van der Waals surface area contributed by atoms with Crippen LogP contribution < -0.4 is 0 Å². The van der Waals surface area contributed by atoms with E-state index in [0.29, 0.717) is 4.20 Å². The first-order valence-electron chi connectivity index (χ1n) is 3.50. The Morgan fingerprint density at radius 1 is 1.31 bits per heavy atom. The van der Waals surface area contributed by atoms with Crippen molar-refractivity contribution in [3.8, 4) is 0 Å². The predicted molar refractivity (Wildman–Crippen MR) is 58.5 cm³/mol. The van der Waals surface area contributed by atoms with Crippen molar-refractivity contribution in [3.63, 3.8) is 0 Å². The van der Waals surface area contributed by atoms with E-state index in [1.165, 1.54) is 0 Å². The molecule has 0 aromatic heterocycles. The summed E-state index contributed by atoms with van der Waals surface area (Å²) in [5, 5.41) is 8.89. The number of benzene rings is 1. The molecule has 0 atom stereocenters. The Bertz CT molecular complexity index is 279. The third-order valence-electron chi connectivity index (χ3n) is 1.02. The van der Waals surface area contributed by atoms with Gasteiger partial charge in [0.1, 0.15) is 0 Å². The second-order valence-corrected chi connectivity index (χ2v) is 3.32. The first-order valence-corrected chi connectivity index (χ1v) is 4.35. The van der Waals surface area contributed by atoms with E-state index in [1.807, 2.05) is 30.3 Å². The SMILES string of the molecule is CC([O])=O.S=C(S)c1ccccc1. The van der Waals surface area contributed by atoms with Crippen LogP contribution in [0.25, 0.3) is 0 Å². The van der Waals surface area contributed by atoms with Crippen LogP contribution in [0.5, 0.6) is 0 Å². The molecule has 0 heterocycles. The van der Waals surface area contributed by atoms with Gasteiger partial charge in [-0.3, -0.25) is 0 Å². The molecule has 0 aliphatic heterocycles. The fourth-order valence-electron chi connectivity index (χ4n) is 0.581. The van der Waals surface area contributed by atoms with Crippen LogP contribution in [0.2, 0.25) is 0 Å². The first-order chi connectivity index (χ1) is 6.04. The lowest BCUT2D eigenvalue weighted by Crippen LogP contribution is -1.83. The first kappa shape index (κ1) is 12.1. The average Bonchev–Trinajstić information content (AvgIpc) is 2.05. The molecule has 69 valence electrons. The highest BCUT2D eigenvalue weighted by Crippen LogP contribution is 2.02. The Morgan fingerprint density at radius 2 is 1.69 bits per heavy atom. The number of rotatable bonds is 1. The fourth-order valence-corrected chi connectivity index (χ4v) is 0.866. The van der Waals surface area contributed by atoms with Gasteiger partial charge in [0.05, 0.1) is 4.20 Å². The summed E-state index contributed by atoms with van der Waals surface area (Å²) < 4.78 is 0.649. The van der Waals surface area contributed by atoms with Gasteiger partial charge in [0, 0.05) is 6.92 Å². The van der Waals surface area contributed by atoms with Crippen LogP contribution in [0.4, 0.5) is 0 Å². The largest absolute Gasteiger partial charge is 0.352 e. The van der Waals surface area contributed by atoms with Gasteiger partial charge in [-0.15, -0.1) is 12.6 Å². The molecule has 0 aliphatic rings. The second-order valence-electron chi connectivity index (χ2n) is 2.16. The zero-order valence-corrected chi connectivity index (χ0v) is 8.77. The van der Waals surface area contributed by atoms with Gasteiger partial charge in [0.15, 0.2) is 0 Å². The van der Waals surface area contributed by atoms with E-state index in [1.54, 1.807) is 0 Å². The molecule has 0 fully saturated rings. The van der Waals surface area contributed by atoms with Gasteiger partial charge in [-0.05, 0) is 5.56 Å². The lowest BCUT2D eigenvalue weighted by molar-refractivity contribution is -0.140. The summed E-state index contributed by atoms with van der Waals surface area (Å²) in [4.78, 5) is 8.89. The fraction of sp³-hybridized carbons (Fsp3) is 0.111. The molecule has 1 radical (unpaired) electrons. The highest BCUT2D eigenvalue weighted by atomic mass is 32.1. The average molecular weight is 213 g/mol. The minimum atomic E-state index is -1.08. The van der Waals surface area contributed by atoms with Crippen molar-refractivity contribution in [2.45, 2.75) is 6.92 Å². The van der Waals surface area contributed by atoms with Gasteiger partial charge in [0.2, 0.25) is 0 Å². The Labute approximate surface area is 88.0 Å². The quantitative estimate of drug-likeness (QED) is 0.574. The van der Waals surface area contributed by atoms with Crippen LogP contribution in [-0.4, -0.2) is 10.2 Å². The van der Waals surface area contributed by atoms with Crippen molar-refractivity contribution in [3.05, 3.63) is 35.9 Å². The molecule has 0 aliphatic carbocycles. The minimum absolute atomic E-state index is 0.649. The molecular weight excluding hydrogens is 204 g/mol. The molecule has 1 aromatic rings. The Morgan fingerprint density at radius 3 is 1.92 bits per heavy atom. The van der Waals surface area contributed by atoms with Crippen LogP contribution in [0.1, 0.15) is 12.5 Å². The molecule has 2 nitrogen and oxygen atoms in total. The van der Waals surface area contributed by atoms with Crippen molar-refractivity contribution >= 4 is 35.0 Å². The van der Waals surface area contributed by atoms with E-state index in [9.17, 15) is 0 Å². The number of carbonyl (C=O) groups is 1. The van der Waals surface area contributed by atoms with E-state index in [0.717, 1.165) is 12.5 Å². The Hall–Kier alpha value is -0.870. The number of thiol groups is 1. The Kier molecular flexibility index (Phi) is 6.18. The highest BCUT2D eigenvalue weighted by Gasteiger charge is 1.89. The molecule has 1 rings (SSSR count). The number of carbonyl (C=O) groups excluding carboxylic acids is 1. The monoisotopic (exact) mass is 213 g/mol. The summed E-state index contributed by atoms with van der Waals surface area (Å²) in [7, 11) is 0. The van der Waals surface area contributed by atoms with Crippen LogP contribution in [-0.2, 0) is 9.90 Å². The zero-order valence-electron chi connectivity index (χ0n) is 7.06. The van der Waals surface area contributed by atoms with Crippen molar-refractivity contribution in [2.75, 3.05) is 0 Å². The summed E-state index contributed by atoms with van der Waals surface area (Å²) in [6.45, 7) is 0.972. The van der Waals surface area contributed by atoms with Crippen LogP contribution >= 0.6 is 24.8 Å². The van der Waals surface area contributed by atoms with Crippen LogP contribution in [0.3, 0.4) is 0 Å². The summed E-state index contributed by atoms with van der Waals surface area (Å²) >= 11 is 8.85. The highest BCUT2D eigenvalue weighted by molar-refractivity contribution is 8.11. The summed E-state index contributed by atoms with van der Waals surface area (Å²) in [6, 6.07) is 9.72. The molecule has 0 amide bonds. The molecule has 4 heteroatoms. The lowest BCUT2D eigenvalue weighted by Gasteiger charge is -1.91. The van der Waals surface area contributed by atoms with E-state index in [-0.39, 0.29) is 0 Å². The van der Waals surface area contributed by atoms with E-state index < -0.39 is 5.97 Å². The van der Waals surface area contributed by atoms with Crippen molar-refractivity contribution < 1.29 is 9.90 Å². The van der Waals surface area contributed by atoms with Crippen molar-refractivity contribution in [1.29, 1.82) is 0 Å². The molecule has 0 saturated heterocycles. The minimum Gasteiger partial charge on any atom is -0.248 e. The topological polar surface area (TPSA) is 37.0 Å². The molecule has 0 spiro atoms.